The Labute approximate surface area is 93.4 Å². The molecule has 0 aliphatic carbocycles. The van der Waals surface area contributed by atoms with Gasteiger partial charge in [-0.15, -0.1) is 0 Å². The van der Waals surface area contributed by atoms with E-state index in [0.717, 1.165) is 24.2 Å². The molecule has 0 amide bonds. The first-order valence-electron chi connectivity index (χ1n) is 5.39. The van der Waals surface area contributed by atoms with Crippen LogP contribution in [0.5, 0.6) is 5.75 Å². The first-order chi connectivity index (χ1) is 7.84. The molecule has 1 aliphatic rings. The van der Waals surface area contributed by atoms with Crippen LogP contribution in [-0.4, -0.2) is 21.6 Å². The summed E-state index contributed by atoms with van der Waals surface area (Å²) in [6.45, 7) is 0.926. The van der Waals surface area contributed by atoms with Gasteiger partial charge in [-0.05, 0) is 17.7 Å². The number of rotatable bonds is 1. The molecule has 3 N–H and O–H groups in total. The van der Waals surface area contributed by atoms with Crippen LogP contribution in [0.1, 0.15) is 23.0 Å². The molecule has 0 saturated carbocycles. The number of aromatic amines is 1. The Bertz CT molecular complexity index is 506. The maximum Gasteiger partial charge on any atom is 0.115 e. The predicted octanol–water partition coefficient (Wildman–Crippen LogP) is 1.35. The van der Waals surface area contributed by atoms with E-state index >= 15 is 0 Å². The number of fused-ring (bicyclic) bond motifs is 1. The highest BCUT2D eigenvalue weighted by Crippen LogP contribution is 2.27. The van der Waals surface area contributed by atoms with Crippen molar-refractivity contribution in [1.29, 1.82) is 0 Å². The summed E-state index contributed by atoms with van der Waals surface area (Å²) in [5, 5.41) is 12.9. The van der Waals surface area contributed by atoms with Gasteiger partial charge in [0.1, 0.15) is 5.75 Å². The number of aromatic nitrogens is 2. The van der Waals surface area contributed by atoms with E-state index in [1.165, 1.54) is 5.69 Å². The molecule has 1 atom stereocenters. The molecular formula is C12H13N3O. The first kappa shape index (κ1) is 9.42. The second-order valence-corrected chi connectivity index (χ2v) is 4.00. The van der Waals surface area contributed by atoms with Crippen LogP contribution in [0.3, 0.4) is 0 Å². The molecule has 2 heterocycles. The largest absolute Gasteiger partial charge is 0.508 e. The zero-order chi connectivity index (χ0) is 11.0. The summed E-state index contributed by atoms with van der Waals surface area (Å²) in [7, 11) is 0. The third-order valence-corrected chi connectivity index (χ3v) is 2.95. The fourth-order valence-electron chi connectivity index (χ4n) is 2.20. The summed E-state index contributed by atoms with van der Waals surface area (Å²) in [5.74, 6) is 0.293. The molecule has 2 aromatic rings. The van der Waals surface area contributed by atoms with Gasteiger partial charge in [0.15, 0.2) is 0 Å². The van der Waals surface area contributed by atoms with Gasteiger partial charge in [0.2, 0.25) is 0 Å². The van der Waals surface area contributed by atoms with Gasteiger partial charge in [-0.3, -0.25) is 0 Å². The van der Waals surface area contributed by atoms with Crippen LogP contribution in [-0.2, 0) is 6.42 Å². The van der Waals surface area contributed by atoms with Crippen molar-refractivity contribution < 1.29 is 5.11 Å². The fourth-order valence-corrected chi connectivity index (χ4v) is 2.20. The third kappa shape index (κ3) is 1.47. The highest BCUT2D eigenvalue weighted by Gasteiger charge is 2.23. The van der Waals surface area contributed by atoms with Crippen LogP contribution in [0.2, 0.25) is 0 Å². The van der Waals surface area contributed by atoms with Gasteiger partial charge in [-0.1, -0.05) is 12.1 Å². The first-order valence-corrected chi connectivity index (χ1v) is 5.39. The number of nitrogens with one attached hydrogen (secondary N) is 2. The van der Waals surface area contributed by atoms with Crippen molar-refractivity contribution in [2.45, 2.75) is 12.5 Å². The molecule has 16 heavy (non-hydrogen) atoms. The Kier molecular flexibility index (Phi) is 2.15. The molecule has 4 heteroatoms. The van der Waals surface area contributed by atoms with Crippen molar-refractivity contribution in [2.24, 2.45) is 0 Å². The maximum atomic E-state index is 9.49. The van der Waals surface area contributed by atoms with Crippen molar-refractivity contribution in [3.05, 3.63) is 47.5 Å². The van der Waals surface area contributed by atoms with E-state index in [9.17, 15) is 5.11 Å². The highest BCUT2D eigenvalue weighted by atomic mass is 16.3. The second kappa shape index (κ2) is 3.64. The molecule has 0 fully saturated rings. The number of H-pyrrole nitrogens is 1. The van der Waals surface area contributed by atoms with Crippen molar-refractivity contribution in [1.82, 2.24) is 15.3 Å². The zero-order valence-corrected chi connectivity index (χ0v) is 8.77. The minimum Gasteiger partial charge on any atom is -0.508 e. The van der Waals surface area contributed by atoms with E-state index in [4.69, 9.17) is 0 Å². The van der Waals surface area contributed by atoms with E-state index in [1.807, 2.05) is 12.1 Å². The molecule has 0 saturated heterocycles. The number of phenols is 1. The molecular weight excluding hydrogens is 202 g/mol. The van der Waals surface area contributed by atoms with Crippen molar-refractivity contribution in [3.8, 4) is 5.75 Å². The smallest absolute Gasteiger partial charge is 0.115 e. The molecule has 1 aromatic carbocycles. The van der Waals surface area contributed by atoms with Gasteiger partial charge in [-0.25, -0.2) is 4.98 Å². The van der Waals surface area contributed by atoms with Gasteiger partial charge in [-0.2, -0.15) is 0 Å². The fraction of sp³-hybridized carbons (Fsp3) is 0.250. The van der Waals surface area contributed by atoms with Crippen molar-refractivity contribution in [3.63, 3.8) is 0 Å². The zero-order valence-electron chi connectivity index (χ0n) is 8.77. The van der Waals surface area contributed by atoms with E-state index in [2.05, 4.69) is 15.3 Å². The Hall–Kier alpha value is -1.81. The van der Waals surface area contributed by atoms with Gasteiger partial charge in [0.25, 0.3) is 0 Å². The summed E-state index contributed by atoms with van der Waals surface area (Å²) >= 11 is 0. The normalized spacial score (nSPS) is 19.4. The number of nitrogens with zero attached hydrogens (tertiary/aromatic N) is 1. The summed E-state index contributed by atoms with van der Waals surface area (Å²) < 4.78 is 0. The monoisotopic (exact) mass is 215 g/mol. The van der Waals surface area contributed by atoms with E-state index < -0.39 is 0 Å². The van der Waals surface area contributed by atoms with Crippen molar-refractivity contribution >= 4 is 0 Å². The number of imidazole rings is 1. The average molecular weight is 215 g/mol. The summed E-state index contributed by atoms with van der Waals surface area (Å²) in [5.41, 5.74) is 3.27. The molecule has 3 rings (SSSR count). The number of phenolic OH excluding ortho intramolecular Hbond substituents is 1. The lowest BCUT2D eigenvalue weighted by atomic mass is 9.98. The van der Waals surface area contributed by atoms with Gasteiger partial charge >= 0.3 is 0 Å². The van der Waals surface area contributed by atoms with Crippen LogP contribution in [0, 0.1) is 0 Å². The van der Waals surface area contributed by atoms with Gasteiger partial charge in [0.05, 0.1) is 18.1 Å². The lowest BCUT2D eigenvalue weighted by Crippen LogP contribution is -2.30. The Morgan fingerprint density at radius 3 is 3.19 bits per heavy atom. The standard InChI is InChI=1S/C12H13N3O/c16-9-3-1-2-8(6-9)11-12-10(4-5-13-11)14-7-15-12/h1-3,6-7,11,13,16H,4-5H2,(H,14,15). The quantitative estimate of drug-likeness (QED) is 0.673. The molecule has 0 radical (unpaired) electrons. The number of aromatic hydroxyl groups is 1. The minimum atomic E-state index is 0.0853. The van der Waals surface area contributed by atoms with Crippen LogP contribution < -0.4 is 5.32 Å². The van der Waals surface area contributed by atoms with E-state index in [0.29, 0.717) is 5.75 Å². The number of hydrogen-bond acceptors (Lipinski definition) is 3. The van der Waals surface area contributed by atoms with E-state index in [-0.39, 0.29) is 6.04 Å². The topological polar surface area (TPSA) is 60.9 Å². The highest BCUT2D eigenvalue weighted by molar-refractivity contribution is 5.36. The number of hydrogen-bond donors (Lipinski definition) is 3. The molecule has 1 unspecified atom stereocenters. The minimum absolute atomic E-state index is 0.0853. The van der Waals surface area contributed by atoms with E-state index in [1.54, 1.807) is 18.5 Å². The molecule has 1 aromatic heterocycles. The van der Waals surface area contributed by atoms with Gasteiger partial charge in [0, 0.05) is 18.7 Å². The lowest BCUT2D eigenvalue weighted by Gasteiger charge is -2.23. The van der Waals surface area contributed by atoms with Crippen LogP contribution in [0.4, 0.5) is 0 Å². The average Bonchev–Trinajstić information content (AvgIpc) is 2.76. The summed E-state index contributed by atoms with van der Waals surface area (Å²) in [4.78, 5) is 7.50. The molecule has 82 valence electrons. The van der Waals surface area contributed by atoms with Crippen LogP contribution in [0.25, 0.3) is 0 Å². The Morgan fingerprint density at radius 2 is 2.31 bits per heavy atom. The van der Waals surface area contributed by atoms with Crippen molar-refractivity contribution in [2.75, 3.05) is 6.54 Å². The molecule has 4 nitrogen and oxygen atoms in total. The summed E-state index contributed by atoms with van der Waals surface area (Å²) in [6.07, 6.45) is 2.71. The third-order valence-electron chi connectivity index (χ3n) is 2.95. The SMILES string of the molecule is Oc1cccc(C2NCCc3[nH]cnc32)c1. The maximum absolute atomic E-state index is 9.49. The number of benzene rings is 1. The Morgan fingerprint density at radius 1 is 1.38 bits per heavy atom. The Balaban J connectivity index is 2.04. The van der Waals surface area contributed by atoms with Gasteiger partial charge < -0.3 is 15.4 Å². The summed E-state index contributed by atoms with van der Waals surface area (Å²) in [6, 6.07) is 7.40. The second-order valence-electron chi connectivity index (χ2n) is 4.00. The molecule has 0 spiro atoms. The van der Waals surface area contributed by atoms with Crippen LogP contribution >= 0.6 is 0 Å². The van der Waals surface area contributed by atoms with Crippen LogP contribution in [0.15, 0.2) is 30.6 Å². The molecule has 0 bridgehead atoms. The molecule has 1 aliphatic heterocycles. The lowest BCUT2D eigenvalue weighted by molar-refractivity contribution is 0.472. The predicted molar refractivity (Wildman–Crippen MR) is 60.2 cm³/mol.